The summed E-state index contributed by atoms with van der Waals surface area (Å²) in [6, 6.07) is 10.8. The first kappa shape index (κ1) is 16.5. The number of aryl methyl sites for hydroxylation is 1. The Kier molecular flexibility index (Phi) is 4.10. The fourth-order valence-electron chi connectivity index (χ4n) is 2.32. The summed E-state index contributed by atoms with van der Waals surface area (Å²) in [6.07, 6.45) is 0. The molecule has 0 spiro atoms. The number of halogens is 1. The smallest absolute Gasteiger partial charge is 0.372 e. The second kappa shape index (κ2) is 5.95. The van der Waals surface area contributed by atoms with Gasteiger partial charge in [-0.15, -0.1) is 0 Å². The molecule has 6 nitrogen and oxygen atoms in total. The van der Waals surface area contributed by atoms with E-state index in [2.05, 4.69) is 20.7 Å². The molecule has 0 aliphatic rings. The molecule has 8 heteroatoms. The van der Waals surface area contributed by atoms with Crippen LogP contribution >= 0.6 is 15.9 Å². The normalized spacial score (nSPS) is 11.6. The molecule has 0 fully saturated rings. The number of rotatable bonds is 4. The average molecular weight is 410 g/mol. The van der Waals surface area contributed by atoms with Crippen molar-refractivity contribution in [2.24, 2.45) is 0 Å². The van der Waals surface area contributed by atoms with E-state index >= 15 is 0 Å². The van der Waals surface area contributed by atoms with Gasteiger partial charge in [0.05, 0.1) is 4.90 Å². The van der Waals surface area contributed by atoms with Gasteiger partial charge in [0.1, 0.15) is 5.58 Å². The van der Waals surface area contributed by atoms with Crippen molar-refractivity contribution >= 4 is 48.6 Å². The summed E-state index contributed by atoms with van der Waals surface area (Å²) in [7, 11) is -3.74. The first-order valence-electron chi connectivity index (χ1n) is 6.83. The lowest BCUT2D eigenvalue weighted by Crippen LogP contribution is -2.12. The van der Waals surface area contributed by atoms with Gasteiger partial charge in [0.25, 0.3) is 10.0 Å². The van der Waals surface area contributed by atoms with Gasteiger partial charge in [-0.1, -0.05) is 15.9 Å². The number of sulfonamides is 1. The Hall–Kier alpha value is -2.32. The fourth-order valence-corrected chi connectivity index (χ4v) is 3.63. The molecule has 0 aliphatic heterocycles. The van der Waals surface area contributed by atoms with Crippen LogP contribution in [-0.4, -0.2) is 19.5 Å². The number of hydrogen-bond donors (Lipinski definition) is 2. The lowest BCUT2D eigenvalue weighted by atomic mass is 10.1. The van der Waals surface area contributed by atoms with Gasteiger partial charge < -0.3 is 9.52 Å². The minimum atomic E-state index is -3.74. The maximum atomic E-state index is 12.4. The second-order valence-corrected chi connectivity index (χ2v) is 7.73. The Morgan fingerprint density at radius 3 is 2.46 bits per heavy atom. The number of hydrogen-bond acceptors (Lipinski definition) is 4. The van der Waals surface area contributed by atoms with Crippen LogP contribution in [0.15, 0.2) is 56.2 Å². The summed E-state index contributed by atoms with van der Waals surface area (Å²) < 4.78 is 33.3. The highest BCUT2D eigenvalue weighted by Crippen LogP contribution is 2.29. The van der Waals surface area contributed by atoms with Crippen LogP contribution in [0.5, 0.6) is 0 Å². The third-order valence-electron chi connectivity index (χ3n) is 3.51. The van der Waals surface area contributed by atoms with Gasteiger partial charge in [-0.05, 0) is 49.4 Å². The van der Waals surface area contributed by atoms with E-state index in [1.54, 1.807) is 25.1 Å². The van der Waals surface area contributed by atoms with Crippen molar-refractivity contribution in [3.8, 4) is 0 Å². The summed E-state index contributed by atoms with van der Waals surface area (Å²) in [5.41, 5.74) is 1.16. The van der Waals surface area contributed by atoms with E-state index in [4.69, 9.17) is 9.52 Å². The highest BCUT2D eigenvalue weighted by Gasteiger charge is 2.18. The molecule has 124 valence electrons. The van der Waals surface area contributed by atoms with Gasteiger partial charge in [0, 0.05) is 21.1 Å². The number of nitrogens with one attached hydrogen (secondary N) is 1. The second-order valence-electron chi connectivity index (χ2n) is 5.13. The predicted octanol–water partition coefficient (Wildman–Crippen LogP) is 4.00. The van der Waals surface area contributed by atoms with Crippen molar-refractivity contribution in [3.63, 3.8) is 0 Å². The molecule has 0 unspecified atom stereocenters. The van der Waals surface area contributed by atoms with E-state index in [1.807, 2.05) is 0 Å². The summed E-state index contributed by atoms with van der Waals surface area (Å²) in [5.74, 6) is -1.32. The molecule has 1 aromatic heterocycles. The number of carboxylic acid groups (broad SMARTS) is 1. The standard InChI is InChI=1S/C16H12BrNO5S/c1-9-13-8-11(4-7-14(13)23-15(9)16(19)20)18-24(21,22)12-5-2-10(17)3-6-12/h2-8,18H,1H3,(H,19,20). The number of anilines is 1. The van der Waals surface area contributed by atoms with E-state index in [0.717, 1.165) is 4.47 Å². The van der Waals surface area contributed by atoms with Crippen molar-refractivity contribution in [1.29, 1.82) is 0 Å². The minimum absolute atomic E-state index is 0.126. The summed E-state index contributed by atoms with van der Waals surface area (Å²) in [5, 5.41) is 9.63. The number of aromatic carboxylic acids is 1. The number of benzene rings is 2. The lowest BCUT2D eigenvalue weighted by Gasteiger charge is -2.08. The van der Waals surface area contributed by atoms with Crippen LogP contribution in [0.1, 0.15) is 16.1 Å². The molecule has 3 rings (SSSR count). The third-order valence-corrected chi connectivity index (χ3v) is 5.43. The minimum Gasteiger partial charge on any atom is -0.475 e. The Balaban J connectivity index is 1.99. The lowest BCUT2D eigenvalue weighted by molar-refractivity contribution is 0.0664. The molecular formula is C16H12BrNO5S. The Morgan fingerprint density at radius 1 is 1.17 bits per heavy atom. The Bertz CT molecular complexity index is 1040. The molecule has 0 radical (unpaired) electrons. The molecule has 0 amide bonds. The largest absolute Gasteiger partial charge is 0.475 e. The van der Waals surface area contributed by atoms with Crippen molar-refractivity contribution < 1.29 is 22.7 Å². The first-order valence-corrected chi connectivity index (χ1v) is 9.10. The van der Waals surface area contributed by atoms with E-state index in [9.17, 15) is 13.2 Å². The van der Waals surface area contributed by atoms with Crippen molar-refractivity contribution in [2.75, 3.05) is 4.72 Å². The number of fused-ring (bicyclic) bond motifs is 1. The van der Waals surface area contributed by atoms with Crippen LogP contribution in [0.2, 0.25) is 0 Å². The fraction of sp³-hybridized carbons (Fsp3) is 0.0625. The molecule has 2 N–H and O–H groups in total. The maximum absolute atomic E-state index is 12.4. The molecule has 1 heterocycles. The summed E-state index contributed by atoms with van der Waals surface area (Å²) in [6.45, 7) is 1.61. The van der Waals surface area contributed by atoms with E-state index in [0.29, 0.717) is 22.2 Å². The summed E-state index contributed by atoms with van der Waals surface area (Å²) >= 11 is 3.25. The number of carboxylic acids is 1. The highest BCUT2D eigenvalue weighted by atomic mass is 79.9. The number of furan rings is 1. The van der Waals surface area contributed by atoms with Crippen molar-refractivity contribution in [1.82, 2.24) is 0 Å². The van der Waals surface area contributed by atoms with Crippen molar-refractivity contribution in [2.45, 2.75) is 11.8 Å². The molecule has 0 bridgehead atoms. The van der Waals surface area contributed by atoms with Crippen LogP contribution in [0.25, 0.3) is 11.0 Å². The average Bonchev–Trinajstić information content (AvgIpc) is 2.84. The van der Waals surface area contributed by atoms with Crippen LogP contribution in [0, 0.1) is 6.92 Å². The van der Waals surface area contributed by atoms with Crippen molar-refractivity contribution in [3.05, 3.63) is 58.3 Å². The summed E-state index contributed by atoms with van der Waals surface area (Å²) in [4.78, 5) is 11.2. The maximum Gasteiger partial charge on any atom is 0.372 e. The van der Waals surface area contributed by atoms with Gasteiger partial charge in [-0.25, -0.2) is 13.2 Å². The molecule has 3 aromatic rings. The van der Waals surface area contributed by atoms with Gasteiger partial charge in [-0.3, -0.25) is 4.72 Å². The number of carbonyl (C=O) groups is 1. The van der Waals surface area contributed by atoms with Gasteiger partial charge in [0.15, 0.2) is 0 Å². The molecule has 0 saturated heterocycles. The highest BCUT2D eigenvalue weighted by molar-refractivity contribution is 9.10. The van der Waals surface area contributed by atoms with E-state index in [-0.39, 0.29) is 10.7 Å². The molecule has 0 aliphatic carbocycles. The Morgan fingerprint density at radius 2 is 1.83 bits per heavy atom. The van der Waals surface area contributed by atoms with Crippen LogP contribution in [-0.2, 0) is 10.0 Å². The molecule has 24 heavy (non-hydrogen) atoms. The van der Waals surface area contributed by atoms with E-state index in [1.165, 1.54) is 24.3 Å². The molecule has 2 aromatic carbocycles. The van der Waals surface area contributed by atoms with Crippen LogP contribution in [0.4, 0.5) is 5.69 Å². The zero-order valence-electron chi connectivity index (χ0n) is 12.4. The first-order chi connectivity index (χ1) is 11.3. The SMILES string of the molecule is Cc1c(C(=O)O)oc2ccc(NS(=O)(=O)c3ccc(Br)cc3)cc12. The van der Waals surface area contributed by atoms with Crippen LogP contribution in [0.3, 0.4) is 0 Å². The Labute approximate surface area is 146 Å². The molecule has 0 saturated carbocycles. The molecule has 0 atom stereocenters. The third kappa shape index (κ3) is 3.02. The van der Waals surface area contributed by atoms with Gasteiger partial charge >= 0.3 is 5.97 Å². The molecular weight excluding hydrogens is 398 g/mol. The van der Waals surface area contributed by atoms with E-state index < -0.39 is 16.0 Å². The zero-order valence-corrected chi connectivity index (χ0v) is 14.8. The van der Waals surface area contributed by atoms with Gasteiger partial charge in [-0.2, -0.15) is 0 Å². The monoisotopic (exact) mass is 409 g/mol. The zero-order chi connectivity index (χ0) is 17.5. The quantitative estimate of drug-likeness (QED) is 0.678. The predicted molar refractivity (Wildman–Crippen MR) is 92.9 cm³/mol. The topological polar surface area (TPSA) is 96.6 Å². The van der Waals surface area contributed by atoms with Gasteiger partial charge in [0.2, 0.25) is 5.76 Å². The van der Waals surface area contributed by atoms with Crippen LogP contribution < -0.4 is 4.72 Å².